The molecule has 96 valence electrons. The Morgan fingerprint density at radius 3 is 3.17 bits per heavy atom. The largest absolute Gasteiger partial charge is 0.373 e. The van der Waals surface area contributed by atoms with Crippen LogP contribution in [0.5, 0.6) is 0 Å². The summed E-state index contributed by atoms with van der Waals surface area (Å²) in [6.45, 7) is 3.63. The molecule has 2 aliphatic heterocycles. The van der Waals surface area contributed by atoms with E-state index in [0.29, 0.717) is 24.1 Å². The first-order valence-corrected chi connectivity index (χ1v) is 6.45. The molecule has 18 heavy (non-hydrogen) atoms. The maximum Gasteiger partial charge on any atom is 0.255 e. The number of carbonyl (C=O) groups is 1. The van der Waals surface area contributed by atoms with Crippen LogP contribution in [0, 0.1) is 5.92 Å². The average molecular weight is 247 g/mol. The molecule has 3 rings (SSSR count). The molecule has 5 nitrogen and oxygen atoms in total. The molecular formula is C13H17N3O2. The number of rotatable bonds is 1. The Morgan fingerprint density at radius 2 is 2.39 bits per heavy atom. The van der Waals surface area contributed by atoms with E-state index < -0.39 is 0 Å². The second kappa shape index (κ2) is 4.65. The number of ether oxygens (including phenoxy) is 1. The number of aromatic nitrogens is 2. The number of hydrogen-bond acceptors (Lipinski definition) is 4. The summed E-state index contributed by atoms with van der Waals surface area (Å²) in [6, 6.07) is 1.71. The van der Waals surface area contributed by atoms with Gasteiger partial charge in [-0.05, 0) is 31.7 Å². The molecular weight excluding hydrogens is 230 g/mol. The zero-order chi connectivity index (χ0) is 12.5. The highest BCUT2D eigenvalue weighted by molar-refractivity contribution is 5.93. The first-order chi connectivity index (χ1) is 8.74. The van der Waals surface area contributed by atoms with Crippen molar-refractivity contribution >= 4 is 5.91 Å². The zero-order valence-corrected chi connectivity index (χ0v) is 10.5. The molecule has 3 heterocycles. The van der Waals surface area contributed by atoms with Crippen LogP contribution in [-0.2, 0) is 4.74 Å². The van der Waals surface area contributed by atoms with Crippen LogP contribution in [0.3, 0.4) is 0 Å². The Kier molecular flexibility index (Phi) is 2.99. The molecule has 0 saturated carbocycles. The third-order valence-electron chi connectivity index (χ3n) is 3.86. The van der Waals surface area contributed by atoms with Gasteiger partial charge in [-0.2, -0.15) is 10.2 Å². The quantitative estimate of drug-likeness (QED) is 0.746. The molecule has 0 unspecified atom stereocenters. The molecule has 1 amide bonds. The van der Waals surface area contributed by atoms with Gasteiger partial charge >= 0.3 is 0 Å². The molecule has 2 fully saturated rings. The van der Waals surface area contributed by atoms with E-state index in [-0.39, 0.29) is 12.0 Å². The fourth-order valence-electron chi connectivity index (χ4n) is 2.95. The number of hydrogen-bond donors (Lipinski definition) is 0. The highest BCUT2D eigenvalue weighted by Gasteiger charge is 2.38. The number of likely N-dealkylation sites (tertiary alicyclic amines) is 1. The lowest BCUT2D eigenvalue weighted by molar-refractivity contribution is 0.00155. The van der Waals surface area contributed by atoms with Crippen molar-refractivity contribution in [2.75, 3.05) is 13.1 Å². The van der Waals surface area contributed by atoms with Crippen LogP contribution in [-0.4, -0.2) is 46.3 Å². The lowest BCUT2D eigenvalue weighted by Crippen LogP contribution is -2.45. The van der Waals surface area contributed by atoms with Crippen molar-refractivity contribution in [2.24, 2.45) is 5.92 Å². The highest BCUT2D eigenvalue weighted by Crippen LogP contribution is 2.33. The Bertz CT molecular complexity index is 437. The Balaban J connectivity index is 1.70. The minimum atomic E-state index is 0.0338. The highest BCUT2D eigenvalue weighted by atomic mass is 16.5. The molecule has 1 aromatic rings. The second-order valence-electron chi connectivity index (χ2n) is 5.15. The minimum absolute atomic E-state index is 0.0338. The maximum absolute atomic E-state index is 12.3. The van der Waals surface area contributed by atoms with Crippen molar-refractivity contribution in [2.45, 2.75) is 32.0 Å². The molecule has 5 heteroatoms. The van der Waals surface area contributed by atoms with Crippen molar-refractivity contribution in [3.63, 3.8) is 0 Å². The van der Waals surface area contributed by atoms with Crippen LogP contribution in [0.2, 0.25) is 0 Å². The van der Waals surface area contributed by atoms with Crippen LogP contribution in [0.15, 0.2) is 18.5 Å². The smallest absolute Gasteiger partial charge is 0.255 e. The van der Waals surface area contributed by atoms with E-state index in [2.05, 4.69) is 17.1 Å². The van der Waals surface area contributed by atoms with E-state index >= 15 is 0 Å². The first kappa shape index (κ1) is 11.6. The van der Waals surface area contributed by atoms with Crippen molar-refractivity contribution in [3.05, 3.63) is 24.0 Å². The molecule has 3 atom stereocenters. The van der Waals surface area contributed by atoms with Crippen molar-refractivity contribution in [1.29, 1.82) is 0 Å². The van der Waals surface area contributed by atoms with E-state index in [9.17, 15) is 4.79 Å². The van der Waals surface area contributed by atoms with Gasteiger partial charge in [0.15, 0.2) is 0 Å². The molecule has 0 aliphatic carbocycles. The van der Waals surface area contributed by atoms with Gasteiger partial charge in [-0.15, -0.1) is 0 Å². The molecule has 2 aliphatic rings. The van der Waals surface area contributed by atoms with Gasteiger partial charge in [-0.1, -0.05) is 0 Å². The van der Waals surface area contributed by atoms with E-state index in [1.807, 2.05) is 4.90 Å². The van der Waals surface area contributed by atoms with Gasteiger partial charge in [0.2, 0.25) is 0 Å². The van der Waals surface area contributed by atoms with Crippen molar-refractivity contribution in [1.82, 2.24) is 15.1 Å². The number of nitrogens with zero attached hydrogens (tertiary/aromatic N) is 3. The van der Waals surface area contributed by atoms with Gasteiger partial charge < -0.3 is 9.64 Å². The monoisotopic (exact) mass is 247 g/mol. The van der Waals surface area contributed by atoms with Crippen LogP contribution in [0.4, 0.5) is 0 Å². The predicted octanol–water partition coefficient (Wildman–Crippen LogP) is 1.12. The van der Waals surface area contributed by atoms with Gasteiger partial charge in [0.05, 0.1) is 30.2 Å². The summed E-state index contributed by atoms with van der Waals surface area (Å²) >= 11 is 0. The third kappa shape index (κ3) is 2.10. The SMILES string of the molecule is C[C@@H]1C[C@H]2CCN(C(=O)c3ccnnc3)C[C@@H]2O1. The van der Waals surface area contributed by atoms with Crippen LogP contribution < -0.4 is 0 Å². The number of fused-ring (bicyclic) bond motifs is 1. The Morgan fingerprint density at radius 1 is 1.50 bits per heavy atom. The first-order valence-electron chi connectivity index (χ1n) is 6.45. The summed E-state index contributed by atoms with van der Waals surface area (Å²) in [6.07, 6.45) is 5.79. The summed E-state index contributed by atoms with van der Waals surface area (Å²) in [5.41, 5.74) is 0.606. The van der Waals surface area contributed by atoms with Gasteiger partial charge in [0, 0.05) is 13.1 Å². The molecule has 0 spiro atoms. The summed E-state index contributed by atoms with van der Waals surface area (Å²) in [7, 11) is 0. The summed E-state index contributed by atoms with van der Waals surface area (Å²) in [5, 5.41) is 7.44. The fourth-order valence-corrected chi connectivity index (χ4v) is 2.95. The fraction of sp³-hybridized carbons (Fsp3) is 0.615. The van der Waals surface area contributed by atoms with Gasteiger partial charge in [0.25, 0.3) is 5.91 Å². The second-order valence-corrected chi connectivity index (χ2v) is 5.15. The zero-order valence-electron chi connectivity index (χ0n) is 10.5. The van der Waals surface area contributed by atoms with E-state index in [0.717, 1.165) is 19.4 Å². The normalized spacial score (nSPS) is 31.2. The van der Waals surface area contributed by atoms with E-state index in [4.69, 9.17) is 4.74 Å². The molecule has 0 N–H and O–H groups in total. The Hall–Kier alpha value is -1.49. The van der Waals surface area contributed by atoms with Crippen LogP contribution in [0.25, 0.3) is 0 Å². The number of carbonyl (C=O) groups excluding carboxylic acids is 1. The standard InChI is InChI=1S/C13H17N3O2/c1-9-6-10-3-5-16(8-12(10)18-9)13(17)11-2-4-14-15-7-11/h2,4,7,9-10,12H,3,5-6,8H2,1H3/t9-,10-,12+/m1/s1. The van der Waals surface area contributed by atoms with Gasteiger partial charge in [-0.3, -0.25) is 4.79 Å². The predicted molar refractivity (Wildman–Crippen MR) is 65.0 cm³/mol. The van der Waals surface area contributed by atoms with Gasteiger partial charge in [0.1, 0.15) is 0 Å². The van der Waals surface area contributed by atoms with Crippen molar-refractivity contribution in [3.8, 4) is 0 Å². The molecule has 0 aromatic carbocycles. The Labute approximate surface area is 106 Å². The average Bonchev–Trinajstić information content (AvgIpc) is 2.78. The molecule has 2 saturated heterocycles. The topological polar surface area (TPSA) is 55.3 Å². The van der Waals surface area contributed by atoms with Crippen LogP contribution >= 0.6 is 0 Å². The molecule has 0 radical (unpaired) electrons. The lowest BCUT2D eigenvalue weighted by Gasteiger charge is -2.34. The summed E-state index contributed by atoms with van der Waals surface area (Å²) in [4.78, 5) is 14.1. The maximum atomic E-state index is 12.3. The minimum Gasteiger partial charge on any atom is -0.373 e. The molecule has 0 bridgehead atoms. The van der Waals surface area contributed by atoms with E-state index in [1.54, 1.807) is 12.3 Å². The number of piperidine rings is 1. The van der Waals surface area contributed by atoms with E-state index in [1.165, 1.54) is 6.20 Å². The van der Waals surface area contributed by atoms with Crippen LogP contribution in [0.1, 0.15) is 30.1 Å². The summed E-state index contributed by atoms with van der Waals surface area (Å²) in [5.74, 6) is 0.658. The lowest BCUT2D eigenvalue weighted by atomic mass is 9.92. The molecule has 1 aromatic heterocycles. The number of amides is 1. The summed E-state index contributed by atoms with van der Waals surface area (Å²) < 4.78 is 5.86. The van der Waals surface area contributed by atoms with Gasteiger partial charge in [-0.25, -0.2) is 0 Å². The third-order valence-corrected chi connectivity index (χ3v) is 3.86. The van der Waals surface area contributed by atoms with Crippen molar-refractivity contribution < 1.29 is 9.53 Å².